The van der Waals surface area contributed by atoms with E-state index in [9.17, 15) is 19.7 Å². The number of amides is 2. The molecule has 8 nitrogen and oxygen atoms in total. The van der Waals surface area contributed by atoms with E-state index in [1.54, 1.807) is 6.20 Å². The lowest BCUT2D eigenvalue weighted by molar-refractivity contribution is -0.497. The van der Waals surface area contributed by atoms with Crippen molar-refractivity contribution in [1.82, 2.24) is 9.88 Å². The third kappa shape index (κ3) is 2.93. The summed E-state index contributed by atoms with van der Waals surface area (Å²) in [6.07, 6.45) is 1.94. The molecule has 1 N–H and O–H groups in total. The van der Waals surface area contributed by atoms with Gasteiger partial charge >= 0.3 is 0 Å². The molecule has 0 aromatic carbocycles. The van der Waals surface area contributed by atoms with Crippen molar-refractivity contribution in [2.75, 3.05) is 16.9 Å². The summed E-state index contributed by atoms with van der Waals surface area (Å²) < 4.78 is 0. The molecular formula is C12H14N4O4S2. The summed E-state index contributed by atoms with van der Waals surface area (Å²) in [5, 5.41) is 13.9. The van der Waals surface area contributed by atoms with Crippen molar-refractivity contribution in [3.63, 3.8) is 0 Å². The molecule has 3 rings (SSSR count). The zero-order valence-electron chi connectivity index (χ0n) is 11.7. The van der Waals surface area contributed by atoms with Gasteiger partial charge in [-0.1, -0.05) is 0 Å². The Kier molecular flexibility index (Phi) is 4.04. The van der Waals surface area contributed by atoms with Crippen molar-refractivity contribution >= 4 is 40.0 Å². The molecule has 10 heteroatoms. The number of aromatic nitrogens is 1. The molecule has 2 amide bonds. The maximum absolute atomic E-state index is 12.3. The van der Waals surface area contributed by atoms with E-state index in [2.05, 4.69) is 10.3 Å². The molecule has 0 spiro atoms. The molecular weight excluding hydrogens is 328 g/mol. The highest BCUT2D eigenvalue weighted by atomic mass is 32.2. The van der Waals surface area contributed by atoms with E-state index in [-0.39, 0.29) is 18.2 Å². The molecule has 1 aliphatic carbocycles. The van der Waals surface area contributed by atoms with E-state index in [4.69, 9.17) is 0 Å². The van der Waals surface area contributed by atoms with Gasteiger partial charge in [-0.15, -0.1) is 23.1 Å². The van der Waals surface area contributed by atoms with Crippen LogP contribution >= 0.6 is 23.1 Å². The summed E-state index contributed by atoms with van der Waals surface area (Å²) >= 11 is 2.84. The van der Waals surface area contributed by atoms with E-state index >= 15 is 0 Å². The van der Waals surface area contributed by atoms with Gasteiger partial charge in [0.2, 0.25) is 17.9 Å². The number of thiazole rings is 1. The molecule has 2 heterocycles. The molecule has 1 aliphatic heterocycles. The largest absolute Gasteiger partial charge is 0.320 e. The van der Waals surface area contributed by atoms with Gasteiger partial charge < -0.3 is 10.2 Å². The van der Waals surface area contributed by atoms with Crippen LogP contribution < -0.4 is 5.32 Å². The molecule has 1 saturated carbocycles. The zero-order chi connectivity index (χ0) is 15.9. The van der Waals surface area contributed by atoms with E-state index < -0.39 is 22.9 Å². The quantitative estimate of drug-likeness (QED) is 0.645. The molecule has 1 aromatic rings. The normalized spacial score (nSPS) is 26.8. The lowest BCUT2D eigenvalue weighted by Crippen LogP contribution is -2.45. The smallest absolute Gasteiger partial charge is 0.249 e. The Morgan fingerprint density at radius 1 is 1.55 bits per heavy atom. The third-order valence-corrected chi connectivity index (χ3v) is 5.50. The van der Waals surface area contributed by atoms with Gasteiger partial charge in [-0.2, -0.15) is 0 Å². The number of nitrogens with one attached hydrogen (secondary N) is 1. The Balaban J connectivity index is 1.64. The molecule has 118 valence electrons. The maximum Gasteiger partial charge on any atom is 0.249 e. The average Bonchev–Trinajstić information content (AvgIpc) is 2.94. The van der Waals surface area contributed by atoms with Crippen molar-refractivity contribution in [3.8, 4) is 0 Å². The molecule has 2 aliphatic rings. The summed E-state index contributed by atoms with van der Waals surface area (Å²) in [6, 6.07) is -1.38. The summed E-state index contributed by atoms with van der Waals surface area (Å²) in [5.41, 5.74) is 0. The van der Waals surface area contributed by atoms with Crippen LogP contribution in [0.3, 0.4) is 0 Å². The van der Waals surface area contributed by atoms with E-state index in [0.717, 1.165) is 4.88 Å². The summed E-state index contributed by atoms with van der Waals surface area (Å²) in [5.74, 6) is -0.258. The number of nitrogens with zero attached hydrogens (tertiary/aromatic N) is 3. The zero-order valence-corrected chi connectivity index (χ0v) is 13.4. The summed E-state index contributed by atoms with van der Waals surface area (Å²) in [6.45, 7) is 1.89. The standard InChI is InChI=1S/C12H14N4O4S2/c1-6-3-13-12(22-6)14-10(17)9-4-21-5-15(9)11(18)7-2-8(7)16(19)20/h3,7-9H,2,4-5H2,1H3,(H,13,14,17). The van der Waals surface area contributed by atoms with Crippen LogP contribution in [-0.2, 0) is 9.59 Å². The van der Waals surface area contributed by atoms with Gasteiger partial charge in [0, 0.05) is 28.2 Å². The predicted octanol–water partition coefficient (Wildman–Crippen LogP) is 0.957. The number of thioether (sulfide) groups is 1. The Morgan fingerprint density at radius 3 is 2.91 bits per heavy atom. The Hall–Kier alpha value is -1.68. The average molecular weight is 342 g/mol. The molecule has 3 atom stereocenters. The van der Waals surface area contributed by atoms with Gasteiger partial charge in [0.15, 0.2) is 5.13 Å². The fourth-order valence-electron chi connectivity index (χ4n) is 2.37. The monoisotopic (exact) mass is 342 g/mol. The first kappa shape index (κ1) is 15.2. The number of rotatable bonds is 4. The molecule has 22 heavy (non-hydrogen) atoms. The van der Waals surface area contributed by atoms with Gasteiger partial charge in [0.05, 0.1) is 5.88 Å². The number of carbonyl (C=O) groups is 2. The summed E-state index contributed by atoms with van der Waals surface area (Å²) in [7, 11) is 0. The van der Waals surface area contributed by atoms with Crippen LogP contribution in [0.5, 0.6) is 0 Å². The second-order valence-corrected chi connectivity index (χ2v) is 7.52. The van der Waals surface area contributed by atoms with Crippen molar-refractivity contribution in [3.05, 3.63) is 21.2 Å². The minimum Gasteiger partial charge on any atom is -0.320 e. The molecule has 3 unspecified atom stereocenters. The van der Waals surface area contributed by atoms with Crippen LogP contribution in [0.25, 0.3) is 0 Å². The van der Waals surface area contributed by atoms with Gasteiger partial charge in [-0.3, -0.25) is 19.7 Å². The van der Waals surface area contributed by atoms with Crippen LogP contribution in [-0.4, -0.2) is 50.3 Å². The number of nitro groups is 1. The number of carbonyl (C=O) groups excluding carboxylic acids is 2. The lowest BCUT2D eigenvalue weighted by Gasteiger charge is -2.22. The third-order valence-electron chi connectivity index (χ3n) is 3.66. The highest BCUT2D eigenvalue weighted by molar-refractivity contribution is 7.99. The number of anilines is 1. The van der Waals surface area contributed by atoms with Crippen molar-refractivity contribution < 1.29 is 14.5 Å². The van der Waals surface area contributed by atoms with Gasteiger partial charge in [0.25, 0.3) is 0 Å². The topological polar surface area (TPSA) is 105 Å². The first-order valence-electron chi connectivity index (χ1n) is 6.72. The Labute approximate surface area is 134 Å². The molecule has 1 aromatic heterocycles. The van der Waals surface area contributed by atoms with Gasteiger partial charge in [-0.25, -0.2) is 4.98 Å². The fourth-order valence-corrected chi connectivity index (χ4v) is 4.20. The molecule has 0 bridgehead atoms. The number of hydrogen-bond acceptors (Lipinski definition) is 7. The van der Waals surface area contributed by atoms with Crippen LogP contribution in [0, 0.1) is 23.0 Å². The van der Waals surface area contributed by atoms with Crippen LogP contribution in [0.15, 0.2) is 6.20 Å². The van der Waals surface area contributed by atoms with Crippen molar-refractivity contribution in [2.45, 2.75) is 25.4 Å². The van der Waals surface area contributed by atoms with Crippen LogP contribution in [0.1, 0.15) is 11.3 Å². The van der Waals surface area contributed by atoms with Gasteiger partial charge in [0.1, 0.15) is 12.0 Å². The Morgan fingerprint density at radius 2 is 2.32 bits per heavy atom. The van der Waals surface area contributed by atoms with Crippen molar-refractivity contribution in [2.24, 2.45) is 5.92 Å². The highest BCUT2D eigenvalue weighted by Crippen LogP contribution is 2.37. The van der Waals surface area contributed by atoms with Gasteiger partial charge in [-0.05, 0) is 6.92 Å². The second-order valence-electron chi connectivity index (χ2n) is 5.28. The van der Waals surface area contributed by atoms with E-state index in [1.165, 1.54) is 28.0 Å². The van der Waals surface area contributed by atoms with Crippen LogP contribution in [0.4, 0.5) is 5.13 Å². The summed E-state index contributed by atoms with van der Waals surface area (Å²) in [4.78, 5) is 41.4. The van der Waals surface area contributed by atoms with E-state index in [1.807, 2.05) is 6.92 Å². The minimum absolute atomic E-state index is 0.271. The van der Waals surface area contributed by atoms with Crippen molar-refractivity contribution in [1.29, 1.82) is 0 Å². The maximum atomic E-state index is 12.3. The van der Waals surface area contributed by atoms with Crippen LogP contribution in [0.2, 0.25) is 0 Å². The second kappa shape index (κ2) is 5.84. The number of hydrogen-bond donors (Lipinski definition) is 1. The molecule has 2 fully saturated rings. The Bertz CT molecular complexity index is 634. The minimum atomic E-state index is -0.788. The number of aryl methyl sites for hydroxylation is 1. The molecule has 1 saturated heterocycles. The van der Waals surface area contributed by atoms with E-state index in [0.29, 0.717) is 16.8 Å². The molecule has 0 radical (unpaired) electrons. The first-order valence-corrected chi connectivity index (χ1v) is 8.69. The first-order chi connectivity index (χ1) is 10.5. The predicted molar refractivity (Wildman–Crippen MR) is 82.3 cm³/mol. The highest BCUT2D eigenvalue weighted by Gasteiger charge is 2.56. The SMILES string of the molecule is Cc1cnc(NC(=O)C2CSCN2C(=O)C2CC2[N+](=O)[O-])s1. The fraction of sp³-hybridized carbons (Fsp3) is 0.583. The lowest BCUT2D eigenvalue weighted by atomic mass is 10.2.